The zero-order valence-corrected chi connectivity index (χ0v) is 12.7. The summed E-state index contributed by atoms with van der Waals surface area (Å²) < 4.78 is 0. The average molecular weight is 270 g/mol. The molecule has 1 aliphatic rings. The minimum Gasteiger partial charge on any atom is -0.310 e. The molecule has 2 nitrogen and oxygen atoms in total. The van der Waals surface area contributed by atoms with E-state index in [0.29, 0.717) is 6.04 Å². The molecule has 0 radical (unpaired) electrons. The third-order valence-corrected chi connectivity index (χ3v) is 4.27. The highest BCUT2D eigenvalue weighted by molar-refractivity contribution is 5.31. The Morgan fingerprint density at radius 1 is 1.25 bits per heavy atom. The molecule has 0 spiro atoms. The smallest absolute Gasteiger partial charge is 0.0991 e. The van der Waals surface area contributed by atoms with Gasteiger partial charge in [-0.3, -0.25) is 0 Å². The molecular formula is C18H26N2. The molecule has 0 heterocycles. The highest BCUT2D eigenvalue weighted by Gasteiger charge is 2.22. The van der Waals surface area contributed by atoms with Crippen molar-refractivity contribution in [1.29, 1.82) is 5.26 Å². The SMILES string of the molecule is CC(C)CC1CCCC(NCc2ccc(C#N)cc2)C1. The van der Waals surface area contributed by atoms with Gasteiger partial charge in [0.25, 0.3) is 0 Å². The van der Waals surface area contributed by atoms with Crippen LogP contribution in [0.25, 0.3) is 0 Å². The molecule has 1 aromatic rings. The van der Waals surface area contributed by atoms with Gasteiger partial charge >= 0.3 is 0 Å². The van der Waals surface area contributed by atoms with Gasteiger partial charge in [-0.15, -0.1) is 0 Å². The van der Waals surface area contributed by atoms with E-state index in [1.54, 1.807) is 0 Å². The van der Waals surface area contributed by atoms with Crippen LogP contribution in [0.1, 0.15) is 57.1 Å². The quantitative estimate of drug-likeness (QED) is 0.868. The lowest BCUT2D eigenvalue weighted by Gasteiger charge is -2.31. The molecule has 1 fully saturated rings. The highest BCUT2D eigenvalue weighted by atomic mass is 14.9. The van der Waals surface area contributed by atoms with Gasteiger partial charge in [-0.1, -0.05) is 38.8 Å². The van der Waals surface area contributed by atoms with Gasteiger partial charge in [-0.25, -0.2) is 0 Å². The summed E-state index contributed by atoms with van der Waals surface area (Å²) in [6.07, 6.45) is 6.78. The van der Waals surface area contributed by atoms with E-state index in [2.05, 4.69) is 37.4 Å². The summed E-state index contributed by atoms with van der Waals surface area (Å²) in [7, 11) is 0. The maximum absolute atomic E-state index is 8.80. The molecule has 0 aliphatic heterocycles. The minimum atomic E-state index is 0.670. The Hall–Kier alpha value is -1.33. The van der Waals surface area contributed by atoms with Crippen LogP contribution in [-0.2, 0) is 6.54 Å². The van der Waals surface area contributed by atoms with Gasteiger partial charge in [0.2, 0.25) is 0 Å². The number of benzene rings is 1. The van der Waals surface area contributed by atoms with Crippen molar-refractivity contribution in [2.45, 2.75) is 58.5 Å². The number of nitrogens with one attached hydrogen (secondary N) is 1. The second kappa shape index (κ2) is 7.45. The fraction of sp³-hybridized carbons (Fsp3) is 0.611. The number of rotatable bonds is 5. The van der Waals surface area contributed by atoms with Crippen molar-refractivity contribution in [3.05, 3.63) is 35.4 Å². The van der Waals surface area contributed by atoms with Gasteiger partial charge in [-0.2, -0.15) is 5.26 Å². The van der Waals surface area contributed by atoms with Gasteiger partial charge in [0.15, 0.2) is 0 Å². The number of hydrogen-bond acceptors (Lipinski definition) is 2. The van der Waals surface area contributed by atoms with Crippen LogP contribution in [0.5, 0.6) is 0 Å². The summed E-state index contributed by atoms with van der Waals surface area (Å²) in [4.78, 5) is 0. The molecule has 0 saturated heterocycles. The van der Waals surface area contributed by atoms with Crippen LogP contribution in [-0.4, -0.2) is 6.04 Å². The lowest BCUT2D eigenvalue weighted by atomic mass is 9.81. The van der Waals surface area contributed by atoms with Gasteiger partial charge in [-0.05, 0) is 48.8 Å². The first-order chi connectivity index (χ1) is 9.67. The first-order valence-corrected chi connectivity index (χ1v) is 7.89. The van der Waals surface area contributed by atoms with Crippen molar-refractivity contribution in [3.8, 4) is 6.07 Å². The minimum absolute atomic E-state index is 0.670. The van der Waals surface area contributed by atoms with Gasteiger partial charge < -0.3 is 5.32 Å². The predicted molar refractivity (Wildman–Crippen MR) is 83.2 cm³/mol. The van der Waals surface area contributed by atoms with Crippen molar-refractivity contribution in [2.75, 3.05) is 0 Å². The van der Waals surface area contributed by atoms with E-state index in [-0.39, 0.29) is 0 Å². The number of nitriles is 1. The van der Waals surface area contributed by atoms with Crippen LogP contribution in [0, 0.1) is 23.2 Å². The molecule has 2 unspecified atom stereocenters. The van der Waals surface area contributed by atoms with E-state index in [9.17, 15) is 0 Å². The topological polar surface area (TPSA) is 35.8 Å². The lowest BCUT2D eigenvalue weighted by Crippen LogP contribution is -2.34. The zero-order chi connectivity index (χ0) is 14.4. The van der Waals surface area contributed by atoms with Gasteiger partial charge in [0.1, 0.15) is 0 Å². The van der Waals surface area contributed by atoms with Crippen LogP contribution < -0.4 is 5.32 Å². The number of nitrogens with zero attached hydrogens (tertiary/aromatic N) is 1. The fourth-order valence-corrected chi connectivity index (χ4v) is 3.32. The lowest BCUT2D eigenvalue weighted by molar-refractivity contribution is 0.252. The molecule has 2 heteroatoms. The Morgan fingerprint density at radius 3 is 2.65 bits per heavy atom. The molecule has 1 aromatic carbocycles. The van der Waals surface area contributed by atoms with Crippen molar-refractivity contribution in [3.63, 3.8) is 0 Å². The Labute approximate surface area is 123 Å². The largest absolute Gasteiger partial charge is 0.310 e. The summed E-state index contributed by atoms with van der Waals surface area (Å²) >= 11 is 0. The maximum Gasteiger partial charge on any atom is 0.0991 e. The maximum atomic E-state index is 8.80. The summed E-state index contributed by atoms with van der Waals surface area (Å²) in [5.41, 5.74) is 2.01. The second-order valence-electron chi connectivity index (χ2n) is 6.55. The van der Waals surface area contributed by atoms with E-state index < -0.39 is 0 Å². The van der Waals surface area contributed by atoms with E-state index >= 15 is 0 Å². The van der Waals surface area contributed by atoms with Crippen LogP contribution in [0.4, 0.5) is 0 Å². The Balaban J connectivity index is 1.79. The van der Waals surface area contributed by atoms with Crippen molar-refractivity contribution in [2.24, 2.45) is 11.8 Å². The van der Waals surface area contributed by atoms with Gasteiger partial charge in [0.05, 0.1) is 11.6 Å². The van der Waals surface area contributed by atoms with Crippen LogP contribution in [0.3, 0.4) is 0 Å². The summed E-state index contributed by atoms with van der Waals surface area (Å²) in [5, 5.41) is 12.5. The summed E-state index contributed by atoms with van der Waals surface area (Å²) in [6, 6.07) is 10.7. The van der Waals surface area contributed by atoms with Gasteiger partial charge in [0, 0.05) is 12.6 Å². The van der Waals surface area contributed by atoms with E-state index in [4.69, 9.17) is 5.26 Å². The Morgan fingerprint density at radius 2 is 2.00 bits per heavy atom. The van der Waals surface area contributed by atoms with E-state index in [0.717, 1.165) is 23.9 Å². The van der Waals surface area contributed by atoms with Crippen LogP contribution in [0.2, 0.25) is 0 Å². The number of hydrogen-bond donors (Lipinski definition) is 1. The van der Waals surface area contributed by atoms with E-state index in [1.165, 1.54) is 37.7 Å². The molecule has 1 aliphatic carbocycles. The fourth-order valence-electron chi connectivity index (χ4n) is 3.32. The first kappa shape index (κ1) is 15.1. The zero-order valence-electron chi connectivity index (χ0n) is 12.7. The third-order valence-electron chi connectivity index (χ3n) is 4.27. The monoisotopic (exact) mass is 270 g/mol. The molecule has 2 rings (SSSR count). The second-order valence-corrected chi connectivity index (χ2v) is 6.55. The molecule has 2 atom stereocenters. The van der Waals surface area contributed by atoms with Crippen molar-refractivity contribution >= 4 is 0 Å². The Bertz CT molecular complexity index is 441. The Kier molecular flexibility index (Phi) is 5.61. The predicted octanol–water partition coefficient (Wildman–Crippen LogP) is 4.25. The molecule has 0 aromatic heterocycles. The standard InChI is InChI=1S/C18H26N2/c1-14(2)10-17-4-3-5-18(11-17)20-13-16-8-6-15(12-19)7-9-16/h6-9,14,17-18,20H,3-5,10-11,13H2,1-2H3. The molecule has 0 bridgehead atoms. The molecular weight excluding hydrogens is 244 g/mol. The highest BCUT2D eigenvalue weighted by Crippen LogP contribution is 2.29. The molecule has 0 amide bonds. The van der Waals surface area contributed by atoms with E-state index in [1.807, 2.05) is 12.1 Å². The first-order valence-electron chi connectivity index (χ1n) is 7.89. The van der Waals surface area contributed by atoms with Crippen molar-refractivity contribution < 1.29 is 0 Å². The third kappa shape index (κ3) is 4.65. The summed E-state index contributed by atoms with van der Waals surface area (Å²) in [6.45, 7) is 5.58. The van der Waals surface area contributed by atoms with Crippen LogP contribution in [0.15, 0.2) is 24.3 Å². The van der Waals surface area contributed by atoms with Crippen molar-refractivity contribution in [1.82, 2.24) is 5.32 Å². The van der Waals surface area contributed by atoms with Crippen LogP contribution >= 0.6 is 0 Å². The normalized spacial score (nSPS) is 22.7. The molecule has 20 heavy (non-hydrogen) atoms. The molecule has 1 N–H and O–H groups in total. The summed E-state index contributed by atoms with van der Waals surface area (Å²) in [5.74, 6) is 1.72. The molecule has 1 saturated carbocycles. The average Bonchev–Trinajstić information content (AvgIpc) is 2.45. The molecule has 108 valence electrons.